The topological polar surface area (TPSA) is 107 Å². The first-order valence-corrected chi connectivity index (χ1v) is 11.6. The van der Waals surface area contributed by atoms with Crippen LogP contribution in [0.5, 0.6) is 17.4 Å². The lowest BCUT2D eigenvalue weighted by Crippen LogP contribution is -2.35. The third-order valence-corrected chi connectivity index (χ3v) is 6.18. The number of amides is 2. The fourth-order valence-corrected chi connectivity index (χ4v) is 3.93. The van der Waals surface area contributed by atoms with E-state index < -0.39 is 28.9 Å². The SMILES string of the molecule is C#CCOc1cn2ncnc(Oc3ccc(NC(=O)C4(C(=O)Nc5ccc(F)cc5)CC4)cc3F)c2c1C. The molecule has 2 aromatic carbocycles. The molecular formula is C27H21F2N5O4. The van der Waals surface area contributed by atoms with E-state index in [4.69, 9.17) is 15.9 Å². The quantitative estimate of drug-likeness (QED) is 0.264. The van der Waals surface area contributed by atoms with Gasteiger partial charge in [0, 0.05) is 23.0 Å². The molecule has 38 heavy (non-hydrogen) atoms. The maximum Gasteiger partial charge on any atom is 0.247 e. The van der Waals surface area contributed by atoms with Crippen LogP contribution in [0, 0.1) is 36.3 Å². The van der Waals surface area contributed by atoms with Crippen molar-refractivity contribution in [1.29, 1.82) is 0 Å². The molecule has 5 rings (SSSR count). The number of carbonyl (C=O) groups is 2. The largest absolute Gasteiger partial charge is 0.479 e. The third kappa shape index (κ3) is 4.71. The van der Waals surface area contributed by atoms with Crippen LogP contribution >= 0.6 is 0 Å². The fourth-order valence-electron chi connectivity index (χ4n) is 3.93. The molecule has 0 atom stereocenters. The van der Waals surface area contributed by atoms with Gasteiger partial charge in [0.25, 0.3) is 0 Å². The lowest BCUT2D eigenvalue weighted by Gasteiger charge is -2.16. The number of hydrogen-bond acceptors (Lipinski definition) is 6. The van der Waals surface area contributed by atoms with Crippen LogP contribution in [0.25, 0.3) is 5.52 Å². The van der Waals surface area contributed by atoms with E-state index in [1.165, 1.54) is 47.2 Å². The van der Waals surface area contributed by atoms with Gasteiger partial charge in [0.15, 0.2) is 11.6 Å². The molecule has 1 aliphatic rings. The van der Waals surface area contributed by atoms with Crippen molar-refractivity contribution in [1.82, 2.24) is 14.6 Å². The Balaban J connectivity index is 1.30. The Morgan fingerprint density at radius 3 is 2.42 bits per heavy atom. The Morgan fingerprint density at radius 1 is 1.08 bits per heavy atom. The molecule has 9 nitrogen and oxygen atoms in total. The molecule has 1 aliphatic carbocycles. The summed E-state index contributed by atoms with van der Waals surface area (Å²) in [6.07, 6.45) is 8.80. The monoisotopic (exact) mass is 517 g/mol. The molecule has 0 spiro atoms. The summed E-state index contributed by atoms with van der Waals surface area (Å²) >= 11 is 0. The number of hydrogen-bond donors (Lipinski definition) is 2. The molecule has 192 valence electrons. The van der Waals surface area contributed by atoms with E-state index in [0.29, 0.717) is 35.4 Å². The van der Waals surface area contributed by atoms with Crippen LogP contribution in [-0.2, 0) is 9.59 Å². The predicted octanol–water partition coefficient (Wildman–Crippen LogP) is 4.48. The number of rotatable bonds is 8. The van der Waals surface area contributed by atoms with Gasteiger partial charge < -0.3 is 20.1 Å². The predicted molar refractivity (Wildman–Crippen MR) is 134 cm³/mol. The second kappa shape index (κ2) is 9.82. The third-order valence-electron chi connectivity index (χ3n) is 6.18. The number of halogens is 2. The van der Waals surface area contributed by atoms with Crippen LogP contribution in [0.4, 0.5) is 20.2 Å². The summed E-state index contributed by atoms with van der Waals surface area (Å²) in [5.41, 5.74) is 0.373. The number of aryl methyl sites for hydroxylation is 1. The van der Waals surface area contributed by atoms with E-state index in [9.17, 15) is 18.4 Å². The second-order valence-electron chi connectivity index (χ2n) is 8.71. The standard InChI is InChI=1S/C27H21F2N5O4/c1-3-12-37-22-14-34-23(16(22)2)24(30-15-31-34)38-21-9-8-19(13-20(21)29)33-26(36)27(10-11-27)25(35)32-18-6-4-17(28)5-7-18/h1,4-9,13-15H,10-12H2,2H3,(H,32,35)(H,33,36). The minimum atomic E-state index is -1.28. The van der Waals surface area contributed by atoms with Crippen LogP contribution in [0.2, 0.25) is 0 Å². The average molecular weight is 517 g/mol. The molecule has 2 aromatic heterocycles. The maximum absolute atomic E-state index is 15.0. The number of aromatic nitrogens is 3. The summed E-state index contributed by atoms with van der Waals surface area (Å²) < 4.78 is 40.8. The lowest BCUT2D eigenvalue weighted by molar-refractivity contribution is -0.131. The van der Waals surface area contributed by atoms with E-state index in [2.05, 4.69) is 26.6 Å². The molecule has 0 radical (unpaired) electrons. The molecule has 0 bridgehead atoms. The average Bonchev–Trinajstić information content (AvgIpc) is 3.65. The highest BCUT2D eigenvalue weighted by molar-refractivity contribution is 6.16. The summed E-state index contributed by atoms with van der Waals surface area (Å²) in [5.74, 6) is 0.566. The zero-order valence-electron chi connectivity index (χ0n) is 20.1. The number of terminal acetylenes is 1. The van der Waals surface area contributed by atoms with Gasteiger partial charge in [-0.05, 0) is 56.2 Å². The van der Waals surface area contributed by atoms with Crippen LogP contribution in [-0.4, -0.2) is 33.0 Å². The summed E-state index contributed by atoms with van der Waals surface area (Å²) in [4.78, 5) is 29.8. The normalized spacial score (nSPS) is 13.4. The summed E-state index contributed by atoms with van der Waals surface area (Å²) in [5, 5.41) is 9.34. The molecule has 1 fully saturated rings. The Labute approximate surface area is 215 Å². The van der Waals surface area contributed by atoms with Gasteiger partial charge in [-0.3, -0.25) is 9.59 Å². The Bertz CT molecular complexity index is 1590. The number of benzene rings is 2. The second-order valence-corrected chi connectivity index (χ2v) is 8.71. The molecular weight excluding hydrogens is 496 g/mol. The molecule has 4 aromatic rings. The van der Waals surface area contributed by atoms with Gasteiger partial charge in [-0.2, -0.15) is 10.1 Å². The zero-order chi connectivity index (χ0) is 26.9. The molecule has 2 amide bonds. The number of anilines is 2. The minimum Gasteiger partial charge on any atom is -0.479 e. The maximum atomic E-state index is 15.0. The van der Waals surface area contributed by atoms with Gasteiger partial charge >= 0.3 is 0 Å². The van der Waals surface area contributed by atoms with Gasteiger partial charge in [-0.25, -0.2) is 13.3 Å². The summed E-state index contributed by atoms with van der Waals surface area (Å²) in [7, 11) is 0. The number of ether oxygens (including phenoxy) is 2. The van der Waals surface area contributed by atoms with Crippen molar-refractivity contribution in [3.8, 4) is 29.7 Å². The van der Waals surface area contributed by atoms with E-state index in [1.807, 2.05) is 0 Å². The van der Waals surface area contributed by atoms with E-state index in [-0.39, 0.29) is 23.9 Å². The van der Waals surface area contributed by atoms with Gasteiger partial charge in [0.2, 0.25) is 17.7 Å². The van der Waals surface area contributed by atoms with Crippen LogP contribution in [0.1, 0.15) is 18.4 Å². The van der Waals surface area contributed by atoms with E-state index in [1.54, 1.807) is 13.1 Å². The molecule has 2 heterocycles. The number of fused-ring (bicyclic) bond motifs is 1. The highest BCUT2D eigenvalue weighted by atomic mass is 19.1. The van der Waals surface area contributed by atoms with Crippen molar-refractivity contribution in [3.63, 3.8) is 0 Å². The molecule has 1 saturated carbocycles. The van der Waals surface area contributed by atoms with Crippen molar-refractivity contribution >= 4 is 28.7 Å². The number of carbonyl (C=O) groups excluding carboxylic acids is 2. The van der Waals surface area contributed by atoms with Crippen molar-refractivity contribution in [2.75, 3.05) is 17.2 Å². The van der Waals surface area contributed by atoms with Crippen molar-refractivity contribution < 1.29 is 27.8 Å². The Hall–Kier alpha value is -4.98. The first-order valence-electron chi connectivity index (χ1n) is 11.6. The lowest BCUT2D eigenvalue weighted by atomic mass is 10.0. The zero-order valence-corrected chi connectivity index (χ0v) is 20.1. The molecule has 0 unspecified atom stereocenters. The van der Waals surface area contributed by atoms with Crippen molar-refractivity contribution in [3.05, 3.63) is 72.2 Å². The van der Waals surface area contributed by atoms with Crippen LogP contribution in [0.3, 0.4) is 0 Å². The summed E-state index contributed by atoms with van der Waals surface area (Å²) in [6, 6.07) is 9.11. The van der Waals surface area contributed by atoms with Crippen molar-refractivity contribution in [2.45, 2.75) is 19.8 Å². The van der Waals surface area contributed by atoms with Gasteiger partial charge in [0.05, 0.1) is 6.20 Å². The molecule has 0 aliphatic heterocycles. The smallest absolute Gasteiger partial charge is 0.247 e. The Kier molecular flexibility index (Phi) is 6.38. The fraction of sp³-hybridized carbons (Fsp3) is 0.185. The van der Waals surface area contributed by atoms with Crippen molar-refractivity contribution in [2.24, 2.45) is 5.41 Å². The number of nitrogens with zero attached hydrogens (tertiary/aromatic N) is 3. The van der Waals surface area contributed by atoms with Crippen LogP contribution < -0.4 is 20.1 Å². The minimum absolute atomic E-state index is 0.0678. The van der Waals surface area contributed by atoms with Gasteiger partial charge in [0.1, 0.15) is 35.4 Å². The Morgan fingerprint density at radius 2 is 1.76 bits per heavy atom. The highest BCUT2D eigenvalue weighted by Crippen LogP contribution is 2.47. The highest BCUT2D eigenvalue weighted by Gasteiger charge is 2.56. The molecule has 2 N–H and O–H groups in total. The first-order chi connectivity index (χ1) is 18.3. The molecule has 0 saturated heterocycles. The van der Waals surface area contributed by atoms with Gasteiger partial charge in [-0.15, -0.1) is 6.42 Å². The summed E-state index contributed by atoms with van der Waals surface area (Å²) in [6.45, 7) is 1.84. The van der Waals surface area contributed by atoms with E-state index >= 15 is 0 Å². The van der Waals surface area contributed by atoms with E-state index in [0.717, 1.165) is 6.07 Å². The number of nitrogens with one attached hydrogen (secondary N) is 2. The molecule has 11 heteroatoms. The van der Waals surface area contributed by atoms with Crippen LogP contribution in [0.15, 0.2) is 55.0 Å². The first kappa shape index (κ1) is 24.7. The van der Waals surface area contributed by atoms with Gasteiger partial charge in [-0.1, -0.05) is 5.92 Å².